The molecular formula is C17H23N5O3S. The average molecular weight is 377 g/mol. The van der Waals surface area contributed by atoms with Gasteiger partial charge in [0, 0.05) is 32.6 Å². The highest BCUT2D eigenvalue weighted by Gasteiger charge is 2.27. The van der Waals surface area contributed by atoms with Crippen molar-refractivity contribution < 1.29 is 14.1 Å². The molecular weight excluding hydrogens is 354 g/mol. The van der Waals surface area contributed by atoms with Gasteiger partial charge in [-0.2, -0.15) is 4.98 Å². The van der Waals surface area contributed by atoms with Gasteiger partial charge in [0.25, 0.3) is 5.91 Å². The predicted molar refractivity (Wildman–Crippen MR) is 96.9 cm³/mol. The van der Waals surface area contributed by atoms with Crippen molar-refractivity contribution in [3.05, 3.63) is 34.1 Å². The Morgan fingerprint density at radius 2 is 2.35 bits per heavy atom. The molecule has 3 rings (SSSR count). The molecule has 2 aromatic heterocycles. The molecule has 0 saturated carbocycles. The molecule has 1 saturated heterocycles. The van der Waals surface area contributed by atoms with Gasteiger partial charge in [0.15, 0.2) is 5.82 Å². The minimum Gasteiger partial charge on any atom is -0.339 e. The molecule has 1 unspecified atom stereocenters. The minimum absolute atomic E-state index is 0.0335. The van der Waals surface area contributed by atoms with Crippen molar-refractivity contribution in [3.63, 3.8) is 0 Å². The Balaban J connectivity index is 1.52. The molecule has 1 atom stereocenters. The molecule has 3 amide bonds. The number of nitrogens with zero attached hydrogens (tertiary/aromatic N) is 4. The average Bonchev–Trinajstić information content (AvgIpc) is 3.33. The zero-order chi connectivity index (χ0) is 18.5. The first-order valence-corrected chi connectivity index (χ1v) is 9.60. The molecule has 9 heteroatoms. The molecule has 1 N–H and O–H groups in total. The van der Waals surface area contributed by atoms with Crippen LogP contribution in [0.2, 0.25) is 0 Å². The van der Waals surface area contributed by atoms with E-state index in [1.165, 1.54) is 16.2 Å². The number of carbonyl (C=O) groups is 2. The summed E-state index contributed by atoms with van der Waals surface area (Å²) in [5, 5.41) is 8.76. The highest BCUT2D eigenvalue weighted by Crippen LogP contribution is 2.17. The van der Waals surface area contributed by atoms with Crippen LogP contribution in [0.4, 0.5) is 4.79 Å². The third kappa shape index (κ3) is 4.40. The van der Waals surface area contributed by atoms with E-state index in [0.717, 1.165) is 24.3 Å². The second-order valence-electron chi connectivity index (χ2n) is 6.33. The number of carbonyl (C=O) groups excluding carboxylic acids is 2. The molecule has 140 valence electrons. The Kier molecular flexibility index (Phi) is 5.87. The monoisotopic (exact) mass is 377 g/mol. The SMILES string of the molecule is CCc1nc(CN(C)C(=O)NC2CCCN(C(=O)c3cccs3)C2)no1. The summed E-state index contributed by atoms with van der Waals surface area (Å²) in [6.45, 7) is 3.46. The molecule has 0 radical (unpaired) electrons. The molecule has 8 nitrogen and oxygen atoms in total. The number of hydrogen-bond donors (Lipinski definition) is 1. The van der Waals surface area contributed by atoms with E-state index in [1.807, 2.05) is 29.3 Å². The summed E-state index contributed by atoms with van der Waals surface area (Å²) in [4.78, 5) is 33.2. The lowest BCUT2D eigenvalue weighted by Crippen LogP contribution is -2.52. The van der Waals surface area contributed by atoms with Gasteiger partial charge in [0.05, 0.1) is 11.4 Å². The Bertz CT molecular complexity index is 745. The number of amides is 3. The first-order valence-electron chi connectivity index (χ1n) is 8.72. The fourth-order valence-corrected chi connectivity index (χ4v) is 3.59. The van der Waals surface area contributed by atoms with Crippen LogP contribution in [-0.2, 0) is 13.0 Å². The van der Waals surface area contributed by atoms with Crippen LogP contribution in [0.1, 0.15) is 41.2 Å². The highest BCUT2D eigenvalue weighted by molar-refractivity contribution is 7.12. The normalized spacial score (nSPS) is 17.2. The van der Waals surface area contributed by atoms with Crippen LogP contribution >= 0.6 is 11.3 Å². The van der Waals surface area contributed by atoms with E-state index in [1.54, 1.807) is 7.05 Å². The third-order valence-corrected chi connectivity index (χ3v) is 5.16. The van der Waals surface area contributed by atoms with Crippen molar-refractivity contribution in [2.45, 2.75) is 38.8 Å². The topological polar surface area (TPSA) is 91.6 Å². The van der Waals surface area contributed by atoms with Crippen LogP contribution in [0, 0.1) is 0 Å². The lowest BCUT2D eigenvalue weighted by atomic mass is 10.1. The van der Waals surface area contributed by atoms with Crippen LogP contribution in [0.3, 0.4) is 0 Å². The van der Waals surface area contributed by atoms with Gasteiger partial charge < -0.3 is 19.6 Å². The van der Waals surface area contributed by atoms with E-state index in [9.17, 15) is 9.59 Å². The Labute approximate surface area is 156 Å². The maximum absolute atomic E-state index is 12.5. The fourth-order valence-electron chi connectivity index (χ4n) is 2.90. The predicted octanol–water partition coefficient (Wildman–Crippen LogP) is 2.14. The van der Waals surface area contributed by atoms with E-state index in [0.29, 0.717) is 24.7 Å². The first kappa shape index (κ1) is 18.4. The van der Waals surface area contributed by atoms with Gasteiger partial charge in [-0.3, -0.25) is 4.79 Å². The molecule has 0 spiro atoms. The van der Waals surface area contributed by atoms with Gasteiger partial charge in [-0.25, -0.2) is 4.79 Å². The van der Waals surface area contributed by atoms with Gasteiger partial charge in [0.2, 0.25) is 5.89 Å². The highest BCUT2D eigenvalue weighted by atomic mass is 32.1. The second-order valence-corrected chi connectivity index (χ2v) is 7.28. The zero-order valence-electron chi connectivity index (χ0n) is 15.0. The summed E-state index contributed by atoms with van der Waals surface area (Å²) in [6.07, 6.45) is 2.39. The van der Waals surface area contributed by atoms with Crippen molar-refractivity contribution in [1.82, 2.24) is 25.3 Å². The number of piperidine rings is 1. The van der Waals surface area contributed by atoms with E-state index in [4.69, 9.17) is 4.52 Å². The summed E-state index contributed by atoms with van der Waals surface area (Å²) in [6, 6.07) is 3.44. The second kappa shape index (κ2) is 8.31. The Hall–Kier alpha value is -2.42. The van der Waals surface area contributed by atoms with Gasteiger partial charge in [0.1, 0.15) is 0 Å². The molecule has 0 aliphatic carbocycles. The van der Waals surface area contributed by atoms with Crippen LogP contribution in [0.5, 0.6) is 0 Å². The molecule has 3 heterocycles. The minimum atomic E-state index is -0.205. The van der Waals surface area contributed by atoms with Crippen molar-refractivity contribution in [2.24, 2.45) is 0 Å². The molecule has 0 bridgehead atoms. The summed E-state index contributed by atoms with van der Waals surface area (Å²) in [5.41, 5.74) is 0. The Morgan fingerprint density at radius 3 is 3.04 bits per heavy atom. The standard InChI is InChI=1S/C17H23N5O3S/c1-3-15-19-14(20-25-15)11-21(2)17(24)18-12-6-4-8-22(10-12)16(23)13-7-5-9-26-13/h5,7,9,12H,3-4,6,8,10-11H2,1-2H3,(H,18,24). The smallest absolute Gasteiger partial charge is 0.317 e. The Morgan fingerprint density at radius 1 is 1.50 bits per heavy atom. The molecule has 2 aromatic rings. The summed E-state index contributed by atoms with van der Waals surface area (Å²) in [7, 11) is 1.69. The van der Waals surface area contributed by atoms with Crippen molar-refractivity contribution in [2.75, 3.05) is 20.1 Å². The lowest BCUT2D eigenvalue weighted by molar-refractivity contribution is 0.0699. The maximum atomic E-state index is 12.5. The van der Waals surface area contributed by atoms with Crippen LogP contribution < -0.4 is 5.32 Å². The van der Waals surface area contributed by atoms with Crippen molar-refractivity contribution in [3.8, 4) is 0 Å². The number of nitrogens with one attached hydrogen (secondary N) is 1. The first-order chi connectivity index (χ1) is 12.6. The lowest BCUT2D eigenvalue weighted by Gasteiger charge is -2.33. The summed E-state index contributed by atoms with van der Waals surface area (Å²) in [5.74, 6) is 1.08. The zero-order valence-corrected chi connectivity index (χ0v) is 15.8. The van der Waals surface area contributed by atoms with E-state index in [2.05, 4.69) is 15.5 Å². The number of aryl methyl sites for hydroxylation is 1. The number of urea groups is 1. The van der Waals surface area contributed by atoms with Crippen LogP contribution in [0.25, 0.3) is 0 Å². The number of likely N-dealkylation sites (tertiary alicyclic amines) is 1. The molecule has 1 fully saturated rings. The van der Waals surface area contributed by atoms with E-state index < -0.39 is 0 Å². The third-order valence-electron chi connectivity index (χ3n) is 4.31. The molecule has 0 aromatic carbocycles. The van der Waals surface area contributed by atoms with Gasteiger partial charge in [-0.15, -0.1) is 11.3 Å². The molecule has 1 aliphatic rings. The van der Waals surface area contributed by atoms with Gasteiger partial charge in [-0.1, -0.05) is 18.1 Å². The molecule has 1 aliphatic heterocycles. The van der Waals surface area contributed by atoms with E-state index >= 15 is 0 Å². The van der Waals surface area contributed by atoms with Crippen LogP contribution in [0.15, 0.2) is 22.0 Å². The summed E-state index contributed by atoms with van der Waals surface area (Å²) >= 11 is 1.44. The fraction of sp³-hybridized carbons (Fsp3) is 0.529. The maximum Gasteiger partial charge on any atom is 0.317 e. The summed E-state index contributed by atoms with van der Waals surface area (Å²) < 4.78 is 5.06. The van der Waals surface area contributed by atoms with Crippen molar-refractivity contribution >= 4 is 23.3 Å². The van der Waals surface area contributed by atoms with Crippen molar-refractivity contribution in [1.29, 1.82) is 0 Å². The van der Waals surface area contributed by atoms with E-state index in [-0.39, 0.29) is 24.5 Å². The van der Waals surface area contributed by atoms with Crippen LogP contribution in [-0.4, -0.2) is 58.1 Å². The number of aromatic nitrogens is 2. The van der Waals surface area contributed by atoms with Gasteiger partial charge in [-0.05, 0) is 24.3 Å². The quantitative estimate of drug-likeness (QED) is 0.862. The van der Waals surface area contributed by atoms with Gasteiger partial charge >= 0.3 is 6.03 Å². The number of rotatable bonds is 5. The molecule has 26 heavy (non-hydrogen) atoms. The number of hydrogen-bond acceptors (Lipinski definition) is 6. The number of thiophene rings is 1. The largest absolute Gasteiger partial charge is 0.339 e.